The molecule has 0 N–H and O–H groups in total. The van der Waals surface area contributed by atoms with Gasteiger partial charge in [0.1, 0.15) is 0 Å². The normalized spacial score (nSPS) is 10.4. The van der Waals surface area contributed by atoms with Gasteiger partial charge in [0.2, 0.25) is 0 Å². The lowest BCUT2D eigenvalue weighted by molar-refractivity contribution is 0.274. The van der Waals surface area contributed by atoms with Crippen molar-refractivity contribution in [1.82, 2.24) is 0 Å². The molecule has 15 heavy (non-hydrogen) atoms. The fourth-order valence-electron chi connectivity index (χ4n) is 1.27. The minimum atomic E-state index is 0.458. The maximum Gasteiger partial charge on any atom is 0.417 e. The highest BCUT2D eigenvalue weighted by molar-refractivity contribution is 5.38. The molecule has 0 saturated carbocycles. The molecular weight excluding hydrogens is 188 g/mol. The molecule has 0 spiro atoms. The first-order valence-corrected chi connectivity index (χ1v) is 5.11. The van der Waals surface area contributed by atoms with Gasteiger partial charge in [-0.3, -0.25) is 0 Å². The highest BCUT2D eigenvalue weighted by Gasteiger charge is 1.87. The lowest BCUT2D eigenvalue weighted by Crippen LogP contribution is -1.89. The molecule has 1 aromatic carbocycles. The van der Waals surface area contributed by atoms with Crippen LogP contribution >= 0.6 is 0 Å². The lowest BCUT2D eigenvalue weighted by atomic mass is 10.1. The Morgan fingerprint density at radius 2 is 2.00 bits per heavy atom. The Hall–Kier alpha value is -1.57. The van der Waals surface area contributed by atoms with Crippen LogP contribution in [0.1, 0.15) is 18.4 Å². The van der Waals surface area contributed by atoms with E-state index in [1.54, 1.807) is 0 Å². The number of unbranched alkanes of at least 4 members (excludes halogenated alkanes) is 1. The third kappa shape index (κ3) is 5.68. The Balaban J connectivity index is 2.09. The summed E-state index contributed by atoms with van der Waals surface area (Å²) in [6.45, 7) is 1.87. The molecule has 2 heteroatoms. The average molecular weight is 203 g/mol. The largest absolute Gasteiger partial charge is 0.457 e. The Kier molecular flexibility index (Phi) is 5.98. The molecule has 0 fully saturated rings. The van der Waals surface area contributed by atoms with E-state index in [0.29, 0.717) is 6.61 Å². The van der Waals surface area contributed by atoms with Gasteiger partial charge in [-0.05, 0) is 24.8 Å². The first-order valence-electron chi connectivity index (χ1n) is 5.11. The number of ether oxygens (including phenoxy) is 1. The van der Waals surface area contributed by atoms with Crippen molar-refractivity contribution in [2.45, 2.75) is 19.3 Å². The van der Waals surface area contributed by atoms with Gasteiger partial charge in [0.05, 0.1) is 6.61 Å². The molecule has 0 aliphatic carbocycles. The van der Waals surface area contributed by atoms with Crippen LogP contribution in [0.15, 0.2) is 42.5 Å². The Labute approximate surface area is 90.6 Å². The van der Waals surface area contributed by atoms with Gasteiger partial charge in [0.15, 0.2) is 0 Å². The summed E-state index contributed by atoms with van der Waals surface area (Å²) in [5.74, 6) is 0. The standard InChI is InChI=1S/C13H15O2/c14-12-15-11-7-2-1-4-8-13-9-5-3-6-10-13/h1,3-6,9-10H,2,7-8,11H2. The zero-order valence-electron chi connectivity index (χ0n) is 8.69. The van der Waals surface area contributed by atoms with Gasteiger partial charge >= 0.3 is 6.47 Å². The topological polar surface area (TPSA) is 26.3 Å². The van der Waals surface area contributed by atoms with Crippen molar-refractivity contribution < 1.29 is 9.53 Å². The van der Waals surface area contributed by atoms with E-state index < -0.39 is 0 Å². The maximum atomic E-state index is 9.71. The molecule has 0 heterocycles. The summed E-state index contributed by atoms with van der Waals surface area (Å²) in [7, 11) is 0. The van der Waals surface area contributed by atoms with Crippen LogP contribution in [0.2, 0.25) is 0 Å². The molecular formula is C13H15O2. The van der Waals surface area contributed by atoms with E-state index >= 15 is 0 Å². The minimum absolute atomic E-state index is 0.458. The Morgan fingerprint density at radius 3 is 2.73 bits per heavy atom. The fourth-order valence-corrected chi connectivity index (χ4v) is 1.27. The summed E-state index contributed by atoms with van der Waals surface area (Å²) in [5, 5.41) is 0. The predicted molar refractivity (Wildman–Crippen MR) is 60.2 cm³/mol. The van der Waals surface area contributed by atoms with Crippen LogP contribution in [-0.2, 0) is 16.0 Å². The average Bonchev–Trinajstić information content (AvgIpc) is 2.29. The summed E-state index contributed by atoms with van der Waals surface area (Å²) in [5.41, 5.74) is 1.31. The molecule has 1 aromatic rings. The van der Waals surface area contributed by atoms with Crippen molar-refractivity contribution in [3.05, 3.63) is 48.0 Å². The van der Waals surface area contributed by atoms with Crippen molar-refractivity contribution in [2.75, 3.05) is 6.61 Å². The quantitative estimate of drug-likeness (QED) is 0.503. The minimum Gasteiger partial charge on any atom is -0.457 e. The highest BCUT2D eigenvalue weighted by Crippen LogP contribution is 2.01. The van der Waals surface area contributed by atoms with Gasteiger partial charge in [0, 0.05) is 0 Å². The van der Waals surface area contributed by atoms with E-state index in [-0.39, 0.29) is 0 Å². The SMILES string of the molecule is O=[C]OCCCC=CCc1ccccc1. The third-order valence-corrected chi connectivity index (χ3v) is 2.04. The predicted octanol–water partition coefficient (Wildman–Crippen LogP) is 2.65. The molecule has 0 atom stereocenters. The van der Waals surface area contributed by atoms with Crippen LogP contribution in [0, 0.1) is 0 Å². The van der Waals surface area contributed by atoms with Gasteiger partial charge in [0.25, 0.3) is 0 Å². The van der Waals surface area contributed by atoms with E-state index in [9.17, 15) is 4.79 Å². The van der Waals surface area contributed by atoms with Crippen LogP contribution < -0.4 is 0 Å². The second-order valence-electron chi connectivity index (χ2n) is 3.24. The van der Waals surface area contributed by atoms with Crippen LogP contribution in [0.25, 0.3) is 0 Å². The number of allylic oxidation sites excluding steroid dienone is 2. The zero-order valence-corrected chi connectivity index (χ0v) is 8.69. The number of benzene rings is 1. The van der Waals surface area contributed by atoms with Crippen LogP contribution in [0.5, 0.6) is 0 Å². The Morgan fingerprint density at radius 1 is 1.20 bits per heavy atom. The summed E-state index contributed by atoms with van der Waals surface area (Å²) >= 11 is 0. The summed E-state index contributed by atoms with van der Waals surface area (Å²) in [6, 6.07) is 10.3. The summed E-state index contributed by atoms with van der Waals surface area (Å²) in [4.78, 5) is 9.71. The monoisotopic (exact) mass is 203 g/mol. The molecule has 0 unspecified atom stereocenters. The number of rotatable bonds is 7. The number of hydrogen-bond donors (Lipinski definition) is 0. The maximum absolute atomic E-state index is 9.71. The molecule has 0 bridgehead atoms. The fraction of sp³-hybridized carbons (Fsp3) is 0.308. The van der Waals surface area contributed by atoms with E-state index in [1.165, 1.54) is 12.0 Å². The van der Waals surface area contributed by atoms with E-state index in [2.05, 4.69) is 29.0 Å². The molecule has 2 nitrogen and oxygen atoms in total. The van der Waals surface area contributed by atoms with Crippen molar-refractivity contribution in [2.24, 2.45) is 0 Å². The van der Waals surface area contributed by atoms with Crippen molar-refractivity contribution in [1.29, 1.82) is 0 Å². The molecule has 0 aliphatic rings. The number of carbonyl (C=O) groups excluding carboxylic acids is 1. The van der Waals surface area contributed by atoms with E-state index in [4.69, 9.17) is 0 Å². The molecule has 0 amide bonds. The van der Waals surface area contributed by atoms with Crippen LogP contribution in [0.3, 0.4) is 0 Å². The van der Waals surface area contributed by atoms with Gasteiger partial charge in [-0.1, -0.05) is 42.5 Å². The molecule has 0 saturated heterocycles. The smallest absolute Gasteiger partial charge is 0.417 e. The number of hydrogen-bond acceptors (Lipinski definition) is 2. The molecule has 1 radical (unpaired) electrons. The second kappa shape index (κ2) is 7.80. The highest BCUT2D eigenvalue weighted by atomic mass is 16.5. The van der Waals surface area contributed by atoms with Gasteiger partial charge in [-0.25, -0.2) is 4.79 Å². The van der Waals surface area contributed by atoms with Crippen LogP contribution in [-0.4, -0.2) is 13.1 Å². The van der Waals surface area contributed by atoms with Gasteiger partial charge < -0.3 is 4.74 Å². The van der Waals surface area contributed by atoms with Crippen LogP contribution in [0.4, 0.5) is 0 Å². The van der Waals surface area contributed by atoms with E-state index in [1.807, 2.05) is 18.2 Å². The molecule has 1 rings (SSSR count). The first-order chi connectivity index (χ1) is 7.43. The second-order valence-corrected chi connectivity index (χ2v) is 3.24. The molecule has 0 aromatic heterocycles. The lowest BCUT2D eigenvalue weighted by Gasteiger charge is -1.95. The Bertz CT molecular complexity index is 291. The molecule has 0 aliphatic heterocycles. The summed E-state index contributed by atoms with van der Waals surface area (Å²) in [6.07, 6.45) is 7.01. The van der Waals surface area contributed by atoms with Gasteiger partial charge in [-0.2, -0.15) is 0 Å². The first kappa shape index (κ1) is 11.5. The summed E-state index contributed by atoms with van der Waals surface area (Å²) < 4.78 is 4.46. The zero-order chi connectivity index (χ0) is 10.8. The third-order valence-electron chi connectivity index (χ3n) is 2.04. The van der Waals surface area contributed by atoms with Crippen molar-refractivity contribution in [3.63, 3.8) is 0 Å². The van der Waals surface area contributed by atoms with Gasteiger partial charge in [-0.15, -0.1) is 0 Å². The molecule has 79 valence electrons. The van der Waals surface area contributed by atoms with E-state index in [0.717, 1.165) is 19.3 Å². The van der Waals surface area contributed by atoms with Crippen molar-refractivity contribution in [3.8, 4) is 0 Å². The van der Waals surface area contributed by atoms with Crippen molar-refractivity contribution >= 4 is 6.47 Å².